The van der Waals surface area contributed by atoms with Gasteiger partial charge in [0.25, 0.3) is 0 Å². The normalized spacial score (nSPS) is 16.1. The Kier molecular flexibility index (Phi) is 5.82. The topological polar surface area (TPSA) is 48.3 Å². The molecule has 0 aliphatic rings. The lowest BCUT2D eigenvalue weighted by Crippen LogP contribution is -2.44. The van der Waals surface area contributed by atoms with E-state index < -0.39 is 0 Å². The van der Waals surface area contributed by atoms with Crippen LogP contribution in [0.4, 0.5) is 0 Å². The second-order valence-electron chi connectivity index (χ2n) is 4.81. The van der Waals surface area contributed by atoms with Crippen molar-refractivity contribution >= 4 is 0 Å². The summed E-state index contributed by atoms with van der Waals surface area (Å²) in [6, 6.07) is 0.0462. The third-order valence-corrected chi connectivity index (χ3v) is 3.64. The molecular weight excluding hydrogens is 242 g/mol. The molecule has 0 aliphatic heterocycles. The van der Waals surface area contributed by atoms with Crippen LogP contribution >= 0.6 is 0 Å². The van der Waals surface area contributed by atoms with Crippen LogP contribution in [0.25, 0.3) is 0 Å². The molecule has 0 spiro atoms. The van der Waals surface area contributed by atoms with Crippen LogP contribution in [0.15, 0.2) is 6.20 Å². The van der Waals surface area contributed by atoms with E-state index in [4.69, 9.17) is 9.47 Å². The number of aromatic nitrogens is 2. The van der Waals surface area contributed by atoms with Crippen LogP contribution < -0.4 is 10.1 Å². The molecule has 2 atom stereocenters. The quantitative estimate of drug-likeness (QED) is 0.786. The molecule has 1 rings (SSSR count). The number of ether oxygens (including phenoxy) is 2. The molecule has 110 valence electrons. The molecule has 5 nitrogen and oxygen atoms in total. The fourth-order valence-corrected chi connectivity index (χ4v) is 2.44. The molecule has 19 heavy (non-hydrogen) atoms. The van der Waals surface area contributed by atoms with Crippen LogP contribution in [0.2, 0.25) is 0 Å². The Morgan fingerprint density at radius 3 is 2.58 bits per heavy atom. The van der Waals surface area contributed by atoms with Crippen molar-refractivity contribution in [1.82, 2.24) is 15.1 Å². The van der Waals surface area contributed by atoms with Gasteiger partial charge < -0.3 is 14.8 Å². The number of nitrogens with one attached hydrogen (secondary N) is 1. The standard InChI is InChI=1S/C14H27N3O2/c1-7-14(4,19-9-3)13(15-8-2)12-11(18-6)10-16-17(12)5/h10,13,15H,7-9H2,1-6H3. The third kappa shape index (κ3) is 3.28. The summed E-state index contributed by atoms with van der Waals surface area (Å²) in [6.45, 7) is 9.95. The average molecular weight is 269 g/mol. The van der Waals surface area contributed by atoms with Gasteiger partial charge >= 0.3 is 0 Å². The van der Waals surface area contributed by atoms with Crippen molar-refractivity contribution < 1.29 is 9.47 Å². The molecule has 1 heterocycles. The van der Waals surface area contributed by atoms with E-state index in [0.717, 1.165) is 24.4 Å². The average Bonchev–Trinajstić information content (AvgIpc) is 2.77. The van der Waals surface area contributed by atoms with Gasteiger partial charge in [0, 0.05) is 13.7 Å². The summed E-state index contributed by atoms with van der Waals surface area (Å²) in [7, 11) is 3.61. The summed E-state index contributed by atoms with van der Waals surface area (Å²) < 4.78 is 13.3. The summed E-state index contributed by atoms with van der Waals surface area (Å²) >= 11 is 0. The first-order valence-corrected chi connectivity index (χ1v) is 6.97. The molecule has 0 aliphatic carbocycles. The molecule has 0 radical (unpaired) electrons. The monoisotopic (exact) mass is 269 g/mol. The third-order valence-electron chi connectivity index (χ3n) is 3.64. The Morgan fingerprint density at radius 2 is 2.11 bits per heavy atom. The molecule has 0 saturated carbocycles. The van der Waals surface area contributed by atoms with Gasteiger partial charge in [-0.15, -0.1) is 0 Å². The fraction of sp³-hybridized carbons (Fsp3) is 0.786. The van der Waals surface area contributed by atoms with Gasteiger partial charge in [-0.3, -0.25) is 4.68 Å². The van der Waals surface area contributed by atoms with E-state index >= 15 is 0 Å². The maximum Gasteiger partial charge on any atom is 0.161 e. The minimum absolute atomic E-state index is 0.0462. The zero-order chi connectivity index (χ0) is 14.5. The Labute approximate surface area is 116 Å². The number of aryl methyl sites for hydroxylation is 1. The van der Waals surface area contributed by atoms with Crippen LogP contribution in [0.1, 0.15) is 45.9 Å². The van der Waals surface area contributed by atoms with E-state index in [0.29, 0.717) is 6.61 Å². The lowest BCUT2D eigenvalue weighted by molar-refractivity contribution is -0.0581. The maximum absolute atomic E-state index is 6.01. The highest BCUT2D eigenvalue weighted by molar-refractivity contribution is 5.30. The summed E-state index contributed by atoms with van der Waals surface area (Å²) in [5, 5.41) is 7.81. The molecule has 0 aromatic carbocycles. The number of methoxy groups -OCH3 is 1. The minimum atomic E-state index is -0.286. The minimum Gasteiger partial charge on any atom is -0.493 e. The predicted molar refractivity (Wildman–Crippen MR) is 76.5 cm³/mol. The number of likely N-dealkylation sites (N-methyl/N-ethyl adjacent to an activating group) is 1. The first kappa shape index (κ1) is 16.0. The number of hydrogen-bond donors (Lipinski definition) is 1. The Hall–Kier alpha value is -1.07. The second kappa shape index (κ2) is 6.91. The molecule has 0 saturated heterocycles. The largest absolute Gasteiger partial charge is 0.493 e. The smallest absolute Gasteiger partial charge is 0.161 e. The van der Waals surface area contributed by atoms with Crippen LogP contribution in [-0.2, 0) is 11.8 Å². The van der Waals surface area contributed by atoms with Gasteiger partial charge in [0.2, 0.25) is 0 Å². The van der Waals surface area contributed by atoms with Crippen molar-refractivity contribution in [2.45, 2.75) is 45.8 Å². The van der Waals surface area contributed by atoms with Crippen molar-refractivity contribution in [3.05, 3.63) is 11.9 Å². The molecule has 1 aromatic heterocycles. The second-order valence-corrected chi connectivity index (χ2v) is 4.81. The SMILES string of the molecule is CCNC(c1c(OC)cnn1C)C(C)(CC)OCC. The Morgan fingerprint density at radius 1 is 1.42 bits per heavy atom. The van der Waals surface area contributed by atoms with Crippen LogP contribution in [0.5, 0.6) is 5.75 Å². The van der Waals surface area contributed by atoms with Crippen LogP contribution in [-0.4, -0.2) is 35.6 Å². The van der Waals surface area contributed by atoms with E-state index in [1.807, 2.05) is 18.7 Å². The van der Waals surface area contributed by atoms with Gasteiger partial charge in [0.1, 0.15) is 0 Å². The first-order chi connectivity index (χ1) is 9.03. The van der Waals surface area contributed by atoms with Crippen molar-refractivity contribution in [3.8, 4) is 5.75 Å². The highest BCUT2D eigenvalue weighted by Crippen LogP contribution is 2.36. The molecule has 1 N–H and O–H groups in total. The van der Waals surface area contributed by atoms with Gasteiger partial charge in [-0.1, -0.05) is 13.8 Å². The lowest BCUT2D eigenvalue weighted by atomic mass is 9.90. The molecule has 0 fully saturated rings. The summed E-state index contributed by atoms with van der Waals surface area (Å²) in [5.74, 6) is 0.799. The predicted octanol–water partition coefficient (Wildman–Crippen LogP) is 2.28. The van der Waals surface area contributed by atoms with Crippen LogP contribution in [0, 0.1) is 0 Å². The molecule has 5 heteroatoms. The van der Waals surface area contributed by atoms with E-state index in [1.54, 1.807) is 13.3 Å². The maximum atomic E-state index is 6.01. The molecule has 2 unspecified atom stereocenters. The van der Waals surface area contributed by atoms with Gasteiger partial charge in [-0.05, 0) is 26.8 Å². The van der Waals surface area contributed by atoms with E-state index in [9.17, 15) is 0 Å². The van der Waals surface area contributed by atoms with Crippen molar-refractivity contribution in [2.75, 3.05) is 20.3 Å². The van der Waals surface area contributed by atoms with E-state index in [-0.39, 0.29) is 11.6 Å². The number of nitrogens with zero attached hydrogens (tertiary/aromatic N) is 2. The van der Waals surface area contributed by atoms with Crippen molar-refractivity contribution in [3.63, 3.8) is 0 Å². The van der Waals surface area contributed by atoms with Crippen LogP contribution in [0.3, 0.4) is 0 Å². The summed E-state index contributed by atoms with van der Waals surface area (Å²) in [4.78, 5) is 0. The summed E-state index contributed by atoms with van der Waals surface area (Å²) in [5.41, 5.74) is 0.744. The van der Waals surface area contributed by atoms with Gasteiger partial charge in [0.05, 0.1) is 30.6 Å². The zero-order valence-corrected chi connectivity index (χ0v) is 13.0. The summed E-state index contributed by atoms with van der Waals surface area (Å²) in [6.07, 6.45) is 2.66. The van der Waals surface area contributed by atoms with Gasteiger partial charge in [-0.25, -0.2) is 0 Å². The number of rotatable bonds is 8. The fourth-order valence-electron chi connectivity index (χ4n) is 2.44. The lowest BCUT2D eigenvalue weighted by Gasteiger charge is -2.37. The van der Waals surface area contributed by atoms with Gasteiger partial charge in [0.15, 0.2) is 5.75 Å². The number of hydrogen-bond acceptors (Lipinski definition) is 4. The van der Waals surface area contributed by atoms with Gasteiger partial charge in [-0.2, -0.15) is 5.10 Å². The van der Waals surface area contributed by atoms with E-state index in [2.05, 4.69) is 31.2 Å². The Bertz CT molecular complexity index is 392. The molecule has 1 aromatic rings. The van der Waals surface area contributed by atoms with E-state index in [1.165, 1.54) is 0 Å². The molecule has 0 amide bonds. The Balaban J connectivity index is 3.21. The van der Waals surface area contributed by atoms with Crippen molar-refractivity contribution in [2.24, 2.45) is 7.05 Å². The zero-order valence-electron chi connectivity index (χ0n) is 13.0. The first-order valence-electron chi connectivity index (χ1n) is 6.97. The highest BCUT2D eigenvalue weighted by Gasteiger charge is 2.37. The van der Waals surface area contributed by atoms with Crippen molar-refractivity contribution in [1.29, 1.82) is 0 Å². The molecule has 0 bridgehead atoms. The molecular formula is C14H27N3O2. The highest BCUT2D eigenvalue weighted by atomic mass is 16.5.